The highest BCUT2D eigenvalue weighted by Crippen LogP contribution is 2.22. The van der Waals surface area contributed by atoms with Gasteiger partial charge in [0.05, 0.1) is 6.04 Å². The van der Waals surface area contributed by atoms with Gasteiger partial charge < -0.3 is 0 Å². The van der Waals surface area contributed by atoms with Crippen molar-refractivity contribution < 1.29 is 4.79 Å². The first-order valence-corrected chi connectivity index (χ1v) is 9.43. The summed E-state index contributed by atoms with van der Waals surface area (Å²) in [4.78, 5) is 42.5. The largest absolute Gasteiger partial charge is 0.333 e. The lowest BCUT2D eigenvalue weighted by Gasteiger charge is -2.12. The topological polar surface area (TPSA) is 83.3 Å². The van der Waals surface area contributed by atoms with Crippen LogP contribution in [0.4, 0.5) is 0 Å². The summed E-state index contributed by atoms with van der Waals surface area (Å²) in [7, 11) is 1.56. The number of aryl methyl sites for hydroxylation is 4. The van der Waals surface area contributed by atoms with Gasteiger partial charge in [0.2, 0.25) is 5.78 Å². The van der Waals surface area contributed by atoms with Gasteiger partial charge in [0.1, 0.15) is 0 Å². The first-order valence-electron chi connectivity index (χ1n) is 9.43. The molecule has 0 saturated carbocycles. The number of hydrogen-bond acceptors (Lipinski definition) is 4. The fourth-order valence-electron chi connectivity index (χ4n) is 3.68. The van der Waals surface area contributed by atoms with Gasteiger partial charge in [0, 0.05) is 24.6 Å². The first kappa shape index (κ1) is 18.9. The summed E-state index contributed by atoms with van der Waals surface area (Å²) in [6, 6.07) is 5.26. The van der Waals surface area contributed by atoms with Gasteiger partial charge in [-0.2, -0.15) is 4.98 Å². The number of carbonyl (C=O) groups is 1. The highest BCUT2D eigenvalue weighted by atomic mass is 16.2. The lowest BCUT2D eigenvalue weighted by atomic mass is 10.1. The second-order valence-corrected chi connectivity index (χ2v) is 7.63. The van der Waals surface area contributed by atoms with E-state index in [-0.39, 0.29) is 11.3 Å². The van der Waals surface area contributed by atoms with Crippen molar-refractivity contribution in [2.24, 2.45) is 7.05 Å². The average Bonchev–Trinajstić information content (AvgIpc) is 3.17. The van der Waals surface area contributed by atoms with E-state index in [9.17, 15) is 14.4 Å². The summed E-state index contributed by atoms with van der Waals surface area (Å²) < 4.78 is 5.98. The fourth-order valence-corrected chi connectivity index (χ4v) is 3.68. The molecule has 0 aliphatic carbocycles. The summed E-state index contributed by atoms with van der Waals surface area (Å²) in [5, 5.41) is 0. The lowest BCUT2D eigenvalue weighted by Crippen LogP contribution is -2.42. The molecule has 0 spiro atoms. The van der Waals surface area contributed by atoms with Crippen molar-refractivity contribution in [3.05, 3.63) is 62.1 Å². The molecule has 8 heteroatoms. The summed E-state index contributed by atoms with van der Waals surface area (Å²) in [5.74, 6) is 0.286. The van der Waals surface area contributed by atoms with E-state index < -0.39 is 17.3 Å². The predicted molar refractivity (Wildman–Crippen MR) is 111 cm³/mol. The molecule has 8 nitrogen and oxygen atoms in total. The predicted octanol–water partition coefficient (Wildman–Crippen LogP) is 2.21. The van der Waals surface area contributed by atoms with Crippen LogP contribution in [0.5, 0.6) is 0 Å². The minimum atomic E-state index is -0.848. The highest BCUT2D eigenvalue weighted by Gasteiger charge is 2.24. The molecule has 0 fully saturated rings. The highest BCUT2D eigenvalue weighted by molar-refractivity contribution is 5.81. The van der Waals surface area contributed by atoms with Gasteiger partial charge >= 0.3 is 5.69 Å². The molecule has 0 bridgehead atoms. The number of fused-ring (bicyclic) bond motifs is 3. The molecule has 0 unspecified atom stereocenters. The Morgan fingerprint density at radius 1 is 1.10 bits per heavy atom. The second kappa shape index (κ2) is 6.30. The third kappa shape index (κ3) is 2.59. The van der Waals surface area contributed by atoms with Crippen LogP contribution in [-0.2, 0) is 11.8 Å². The van der Waals surface area contributed by atoms with Crippen LogP contribution in [0.25, 0.3) is 22.6 Å². The van der Waals surface area contributed by atoms with Crippen LogP contribution in [0.3, 0.4) is 0 Å². The zero-order valence-corrected chi connectivity index (χ0v) is 17.3. The molecular formula is C21H23N5O3. The summed E-state index contributed by atoms with van der Waals surface area (Å²) >= 11 is 0. The van der Waals surface area contributed by atoms with Crippen LogP contribution in [-0.4, -0.2) is 28.9 Å². The van der Waals surface area contributed by atoms with Gasteiger partial charge in [-0.15, -0.1) is 0 Å². The zero-order chi connectivity index (χ0) is 21.2. The van der Waals surface area contributed by atoms with Crippen LogP contribution in [0.15, 0.2) is 34.0 Å². The van der Waals surface area contributed by atoms with Crippen molar-refractivity contribution in [2.75, 3.05) is 0 Å². The summed E-state index contributed by atoms with van der Waals surface area (Å²) in [6.07, 6.45) is 1.83. The molecule has 1 aromatic carbocycles. The number of imidazole rings is 2. The van der Waals surface area contributed by atoms with E-state index in [0.29, 0.717) is 11.4 Å². The van der Waals surface area contributed by atoms with Crippen LogP contribution in [0, 0.1) is 20.8 Å². The van der Waals surface area contributed by atoms with E-state index in [2.05, 4.69) is 18.0 Å². The van der Waals surface area contributed by atoms with E-state index in [0.717, 1.165) is 21.5 Å². The van der Waals surface area contributed by atoms with Gasteiger partial charge in [-0.25, -0.2) is 9.36 Å². The number of benzene rings is 1. The maximum atomic E-state index is 13.2. The number of nitrogens with zero attached hydrogens (tertiary/aromatic N) is 5. The minimum Gasteiger partial charge on any atom is -0.298 e. The number of aromatic nitrogens is 5. The molecule has 0 radical (unpaired) electrons. The van der Waals surface area contributed by atoms with Crippen molar-refractivity contribution >= 4 is 22.7 Å². The van der Waals surface area contributed by atoms with Gasteiger partial charge in [0.25, 0.3) is 5.56 Å². The zero-order valence-electron chi connectivity index (χ0n) is 17.3. The first-order chi connectivity index (χ1) is 13.6. The van der Waals surface area contributed by atoms with Crippen molar-refractivity contribution in [1.29, 1.82) is 0 Å². The van der Waals surface area contributed by atoms with Crippen LogP contribution < -0.4 is 11.2 Å². The van der Waals surface area contributed by atoms with Gasteiger partial charge in [-0.05, 0) is 57.9 Å². The van der Waals surface area contributed by atoms with Crippen LogP contribution in [0.2, 0.25) is 0 Å². The SMILES string of the molecule is CC(=O)[C@H](C)n1c(=O)c2c(nc3n(-c4ccc(C)c(C)c4)c(C)cn23)n(C)c1=O. The molecule has 4 aromatic rings. The Balaban J connectivity index is 2.13. The van der Waals surface area contributed by atoms with E-state index in [1.54, 1.807) is 18.4 Å². The smallest absolute Gasteiger partial charge is 0.298 e. The maximum absolute atomic E-state index is 13.2. The Kier molecular flexibility index (Phi) is 4.11. The molecule has 1 atom stereocenters. The lowest BCUT2D eigenvalue weighted by molar-refractivity contribution is -0.119. The molecule has 0 aliphatic rings. The van der Waals surface area contributed by atoms with Crippen LogP contribution in [0.1, 0.15) is 36.7 Å². The van der Waals surface area contributed by atoms with E-state index in [1.165, 1.54) is 17.1 Å². The normalized spacial score (nSPS) is 12.8. The fraction of sp³-hybridized carbons (Fsp3) is 0.333. The number of ketones is 1. The molecule has 3 aromatic heterocycles. The molecule has 3 heterocycles. The van der Waals surface area contributed by atoms with Crippen LogP contribution >= 0.6 is 0 Å². The quantitative estimate of drug-likeness (QED) is 0.534. The Morgan fingerprint density at radius 2 is 1.79 bits per heavy atom. The van der Waals surface area contributed by atoms with Gasteiger partial charge in [-0.1, -0.05) is 6.07 Å². The Bertz CT molecular complexity index is 1430. The molecule has 0 aliphatic heterocycles. The summed E-state index contributed by atoms with van der Waals surface area (Å²) in [6.45, 7) is 8.96. The third-order valence-corrected chi connectivity index (χ3v) is 5.70. The maximum Gasteiger partial charge on any atom is 0.333 e. The Hall–Kier alpha value is -3.42. The van der Waals surface area contributed by atoms with E-state index in [1.807, 2.05) is 36.7 Å². The average molecular weight is 393 g/mol. The molecule has 150 valence electrons. The standard InChI is InChI=1S/C21H23N5O3/c1-11-7-8-16(9-12(11)2)25-13(3)10-24-17-18(22-20(24)25)23(6)21(29)26(19(17)28)14(4)15(5)27/h7-10,14H,1-6H3/t14-/m0/s1. The molecular weight excluding hydrogens is 370 g/mol. The molecule has 0 amide bonds. The number of Topliss-reactive ketones (excluding diaryl/α,β-unsaturated/α-hetero) is 1. The van der Waals surface area contributed by atoms with E-state index in [4.69, 9.17) is 0 Å². The van der Waals surface area contributed by atoms with E-state index >= 15 is 0 Å². The molecule has 0 saturated heterocycles. The van der Waals surface area contributed by atoms with Crippen molar-refractivity contribution in [1.82, 2.24) is 23.1 Å². The van der Waals surface area contributed by atoms with Crippen molar-refractivity contribution in [3.63, 3.8) is 0 Å². The van der Waals surface area contributed by atoms with Crippen molar-refractivity contribution in [3.8, 4) is 5.69 Å². The minimum absolute atomic E-state index is 0.256. The summed E-state index contributed by atoms with van der Waals surface area (Å²) in [5.41, 5.74) is 3.66. The monoisotopic (exact) mass is 393 g/mol. The second-order valence-electron chi connectivity index (χ2n) is 7.63. The van der Waals surface area contributed by atoms with Gasteiger partial charge in [0.15, 0.2) is 16.9 Å². The number of rotatable bonds is 3. The number of carbonyl (C=O) groups excluding carboxylic acids is 1. The Labute approximate surface area is 166 Å². The van der Waals surface area contributed by atoms with Crippen molar-refractivity contribution in [2.45, 2.75) is 40.7 Å². The van der Waals surface area contributed by atoms with Gasteiger partial charge in [-0.3, -0.25) is 23.1 Å². The molecule has 4 rings (SSSR count). The third-order valence-electron chi connectivity index (χ3n) is 5.70. The number of hydrogen-bond donors (Lipinski definition) is 0. The molecule has 0 N–H and O–H groups in total. The Morgan fingerprint density at radius 3 is 2.41 bits per heavy atom. The molecule has 29 heavy (non-hydrogen) atoms.